The molecule has 8 heteroatoms. The van der Waals surface area contributed by atoms with Crippen molar-refractivity contribution in [2.75, 3.05) is 6.54 Å². The van der Waals surface area contributed by atoms with E-state index >= 15 is 0 Å². The van der Waals surface area contributed by atoms with E-state index < -0.39 is 23.8 Å². The quantitative estimate of drug-likeness (QED) is 0.766. The number of hydrogen-bond acceptors (Lipinski definition) is 6. The van der Waals surface area contributed by atoms with Gasteiger partial charge >= 0.3 is 0 Å². The third-order valence-electron chi connectivity index (χ3n) is 3.03. The Morgan fingerprint density at radius 2 is 2.35 bits per heavy atom. The van der Waals surface area contributed by atoms with Gasteiger partial charge in [-0.05, 0) is 13.3 Å². The lowest BCUT2D eigenvalue weighted by Crippen LogP contribution is -2.59. The summed E-state index contributed by atoms with van der Waals surface area (Å²) < 4.78 is 0. The van der Waals surface area contributed by atoms with Crippen LogP contribution in [0, 0.1) is 0 Å². The summed E-state index contributed by atoms with van der Waals surface area (Å²) in [7, 11) is 0. The van der Waals surface area contributed by atoms with Gasteiger partial charge in [0.1, 0.15) is 23.3 Å². The van der Waals surface area contributed by atoms with Crippen molar-refractivity contribution in [2.24, 2.45) is 5.73 Å². The molecule has 3 N–H and O–H groups in total. The fraction of sp³-hybridized carbons (Fsp3) is 0.500. The highest BCUT2D eigenvalue weighted by atomic mass is 32.1. The van der Waals surface area contributed by atoms with Gasteiger partial charge in [-0.3, -0.25) is 19.7 Å². The Morgan fingerprint density at radius 1 is 1.65 bits per heavy atom. The topological polar surface area (TPSA) is 105 Å². The highest BCUT2D eigenvalue weighted by Crippen LogP contribution is 2.19. The van der Waals surface area contributed by atoms with E-state index in [-0.39, 0.29) is 18.3 Å². The van der Waals surface area contributed by atoms with Gasteiger partial charge in [0, 0.05) is 5.38 Å². The number of carbonyl (C=O) groups excluding carboxylic acids is 3. The van der Waals surface area contributed by atoms with Crippen LogP contribution in [0.4, 0.5) is 0 Å². The zero-order valence-corrected chi connectivity index (χ0v) is 12.1. The lowest BCUT2D eigenvalue weighted by Gasteiger charge is -2.32. The molecule has 1 saturated heterocycles. The molecule has 2 atom stereocenters. The molecule has 20 heavy (non-hydrogen) atoms. The van der Waals surface area contributed by atoms with Crippen molar-refractivity contribution in [2.45, 2.75) is 32.4 Å². The van der Waals surface area contributed by atoms with Crippen LogP contribution in [0.15, 0.2) is 5.38 Å². The van der Waals surface area contributed by atoms with Crippen LogP contribution >= 0.6 is 11.3 Å². The lowest BCUT2D eigenvalue weighted by atomic mass is 10.1. The maximum atomic E-state index is 12.4. The molecular weight excluding hydrogens is 280 g/mol. The van der Waals surface area contributed by atoms with E-state index in [9.17, 15) is 14.4 Å². The summed E-state index contributed by atoms with van der Waals surface area (Å²) in [5, 5.41) is 4.48. The first-order valence-corrected chi connectivity index (χ1v) is 7.17. The third-order valence-corrected chi connectivity index (χ3v) is 4.08. The summed E-state index contributed by atoms with van der Waals surface area (Å²) >= 11 is 1.29. The largest absolute Gasteiger partial charge is 0.322 e. The van der Waals surface area contributed by atoms with Crippen molar-refractivity contribution in [3.63, 3.8) is 0 Å². The molecule has 0 spiro atoms. The fourth-order valence-electron chi connectivity index (χ4n) is 2.03. The molecule has 2 rings (SSSR count). The molecule has 3 amide bonds. The van der Waals surface area contributed by atoms with Gasteiger partial charge in [-0.1, -0.05) is 6.92 Å². The second-order valence-corrected chi connectivity index (χ2v) is 5.52. The molecule has 7 nitrogen and oxygen atoms in total. The van der Waals surface area contributed by atoms with Crippen molar-refractivity contribution in [1.29, 1.82) is 0 Å². The molecule has 2 heterocycles. The Kier molecular flexibility index (Phi) is 4.15. The molecule has 108 valence electrons. The highest BCUT2D eigenvalue weighted by molar-refractivity contribution is 7.09. The van der Waals surface area contributed by atoms with Crippen LogP contribution in [-0.4, -0.2) is 40.2 Å². The van der Waals surface area contributed by atoms with E-state index in [0.29, 0.717) is 11.4 Å². The Balaban J connectivity index is 2.25. The molecule has 0 saturated carbocycles. The predicted octanol–water partition coefficient (Wildman–Crippen LogP) is 0.0400. The van der Waals surface area contributed by atoms with Gasteiger partial charge in [-0.2, -0.15) is 0 Å². The number of nitrogens with one attached hydrogen (secondary N) is 1. The summed E-state index contributed by atoms with van der Waals surface area (Å²) in [6.07, 6.45) is 0.440. The first-order valence-electron chi connectivity index (χ1n) is 6.29. The van der Waals surface area contributed by atoms with Crippen LogP contribution in [0.5, 0.6) is 0 Å². The summed E-state index contributed by atoms with van der Waals surface area (Å²) in [5.41, 5.74) is 5.93. The predicted molar refractivity (Wildman–Crippen MR) is 73.0 cm³/mol. The third kappa shape index (κ3) is 2.70. The average Bonchev–Trinajstić information content (AvgIpc) is 2.86. The summed E-state index contributed by atoms with van der Waals surface area (Å²) in [6, 6.07) is -0.893. The van der Waals surface area contributed by atoms with Crippen LogP contribution in [0.3, 0.4) is 0 Å². The molecule has 0 bridgehead atoms. The number of carbonyl (C=O) groups is 3. The van der Waals surface area contributed by atoms with E-state index in [1.165, 1.54) is 16.2 Å². The van der Waals surface area contributed by atoms with E-state index in [4.69, 9.17) is 5.73 Å². The van der Waals surface area contributed by atoms with Crippen molar-refractivity contribution in [3.05, 3.63) is 16.1 Å². The molecule has 1 aromatic rings. The summed E-state index contributed by atoms with van der Waals surface area (Å²) in [5.74, 6) is -1.33. The van der Waals surface area contributed by atoms with Gasteiger partial charge in [0.05, 0.1) is 6.04 Å². The normalized spacial score (nSPS) is 20.8. The lowest BCUT2D eigenvalue weighted by molar-refractivity contribution is -0.138. The van der Waals surface area contributed by atoms with E-state index in [0.717, 1.165) is 0 Å². The zero-order chi connectivity index (χ0) is 14.9. The molecule has 1 fully saturated rings. The van der Waals surface area contributed by atoms with Crippen LogP contribution in [-0.2, 0) is 9.59 Å². The van der Waals surface area contributed by atoms with Crippen molar-refractivity contribution < 1.29 is 14.4 Å². The van der Waals surface area contributed by atoms with E-state index in [1.807, 2.05) is 0 Å². The molecule has 1 aliphatic rings. The van der Waals surface area contributed by atoms with Crippen LogP contribution in [0.25, 0.3) is 0 Å². The Bertz CT molecular complexity index is 555. The van der Waals surface area contributed by atoms with Gasteiger partial charge in [-0.25, -0.2) is 4.98 Å². The monoisotopic (exact) mass is 296 g/mol. The summed E-state index contributed by atoms with van der Waals surface area (Å²) in [4.78, 5) is 41.0. The number of nitrogens with two attached hydrogens (primary N) is 1. The first-order chi connectivity index (χ1) is 9.43. The standard InChI is InChI=1S/C12H16N4O3S/c1-3-8-10(18)15-9(17)4-16(8)12(19)7-5-20-11(14-7)6(2)13/h5-6,8H,3-4,13H2,1-2H3,(H,15,17,18). The Hall–Kier alpha value is -1.80. The number of imide groups is 1. The number of aromatic nitrogens is 1. The highest BCUT2D eigenvalue weighted by Gasteiger charge is 2.36. The second kappa shape index (κ2) is 5.68. The minimum absolute atomic E-state index is 0.131. The first kappa shape index (κ1) is 14.6. The van der Waals surface area contributed by atoms with Gasteiger partial charge in [-0.15, -0.1) is 11.3 Å². The average molecular weight is 296 g/mol. The number of rotatable bonds is 3. The maximum absolute atomic E-state index is 12.4. The van der Waals surface area contributed by atoms with Gasteiger partial charge < -0.3 is 10.6 Å². The minimum Gasteiger partial charge on any atom is -0.322 e. The fourth-order valence-corrected chi connectivity index (χ4v) is 2.78. The SMILES string of the molecule is CCC1C(=O)NC(=O)CN1C(=O)c1csc(C(C)N)n1. The van der Waals surface area contributed by atoms with Crippen molar-refractivity contribution >= 4 is 29.1 Å². The molecule has 0 aliphatic carbocycles. The molecule has 2 unspecified atom stereocenters. The number of piperazine rings is 1. The molecular formula is C12H16N4O3S. The molecule has 1 aromatic heterocycles. The zero-order valence-electron chi connectivity index (χ0n) is 11.3. The van der Waals surface area contributed by atoms with Crippen LogP contribution in [0.2, 0.25) is 0 Å². The Labute approximate surface area is 120 Å². The molecule has 0 aromatic carbocycles. The number of hydrogen-bond donors (Lipinski definition) is 2. The minimum atomic E-state index is -0.638. The van der Waals surface area contributed by atoms with Crippen LogP contribution in [0.1, 0.15) is 41.8 Å². The molecule has 1 aliphatic heterocycles. The van der Waals surface area contributed by atoms with Gasteiger partial charge in [0.15, 0.2) is 0 Å². The van der Waals surface area contributed by atoms with Crippen LogP contribution < -0.4 is 11.1 Å². The van der Waals surface area contributed by atoms with E-state index in [1.54, 1.807) is 19.2 Å². The van der Waals surface area contributed by atoms with Crippen molar-refractivity contribution in [3.8, 4) is 0 Å². The summed E-state index contributed by atoms with van der Waals surface area (Å²) in [6.45, 7) is 3.43. The Morgan fingerprint density at radius 3 is 2.90 bits per heavy atom. The number of amides is 3. The number of nitrogens with zero attached hydrogens (tertiary/aromatic N) is 2. The second-order valence-electron chi connectivity index (χ2n) is 4.63. The van der Waals surface area contributed by atoms with Crippen molar-refractivity contribution in [1.82, 2.24) is 15.2 Å². The number of thiazole rings is 1. The smallest absolute Gasteiger partial charge is 0.274 e. The molecule has 0 radical (unpaired) electrons. The maximum Gasteiger partial charge on any atom is 0.274 e. The van der Waals surface area contributed by atoms with E-state index in [2.05, 4.69) is 10.3 Å². The van der Waals surface area contributed by atoms with Gasteiger partial charge in [0.25, 0.3) is 5.91 Å². The van der Waals surface area contributed by atoms with Gasteiger partial charge in [0.2, 0.25) is 11.8 Å².